The van der Waals surface area contributed by atoms with Crippen molar-refractivity contribution in [2.24, 2.45) is 0 Å². The zero-order valence-electron chi connectivity index (χ0n) is 11.5. The van der Waals surface area contributed by atoms with Gasteiger partial charge in [-0.25, -0.2) is 0 Å². The number of hydrogen-bond donors (Lipinski definition) is 0. The first-order chi connectivity index (χ1) is 9.60. The Morgan fingerprint density at radius 3 is 2.52 bits per heavy atom. The molecule has 21 heavy (non-hydrogen) atoms. The molecular weight excluding hydrogens is 283 g/mol. The predicted octanol–water partition coefficient (Wildman–Crippen LogP) is -1.68. The SMILES string of the molecule is COc1ccc2oc3cc(C(=O)[O-])ccc3c(=O)c2c1.[Na+]. The monoisotopic (exact) mass is 292 g/mol. The Kier molecular flexibility index (Phi) is 4.37. The number of carboxylic acids is 1. The number of methoxy groups -OCH3 is 1. The Labute approximate surface area is 141 Å². The molecule has 0 atom stereocenters. The normalized spacial score (nSPS) is 10.3. The summed E-state index contributed by atoms with van der Waals surface area (Å²) in [7, 11) is 1.51. The first-order valence-corrected chi connectivity index (χ1v) is 5.86. The van der Waals surface area contributed by atoms with Crippen LogP contribution in [0.3, 0.4) is 0 Å². The van der Waals surface area contributed by atoms with Gasteiger partial charge < -0.3 is 19.1 Å². The maximum absolute atomic E-state index is 12.4. The average molecular weight is 292 g/mol. The van der Waals surface area contributed by atoms with Gasteiger partial charge in [-0.1, -0.05) is 6.07 Å². The summed E-state index contributed by atoms with van der Waals surface area (Å²) < 4.78 is 10.6. The Morgan fingerprint density at radius 2 is 1.86 bits per heavy atom. The van der Waals surface area contributed by atoms with Gasteiger partial charge in [-0.05, 0) is 30.3 Å². The van der Waals surface area contributed by atoms with Crippen LogP contribution in [-0.4, -0.2) is 13.1 Å². The van der Waals surface area contributed by atoms with E-state index in [1.165, 1.54) is 25.3 Å². The van der Waals surface area contributed by atoms with Crippen molar-refractivity contribution < 1.29 is 48.6 Å². The standard InChI is InChI=1S/C15H10O5.Na/c1-19-9-3-5-12-11(7-9)14(16)10-4-2-8(15(17)18)6-13(10)20-12;/h2-7H,1H3,(H,17,18);/q;+1/p-1. The Morgan fingerprint density at radius 1 is 1.10 bits per heavy atom. The molecule has 0 spiro atoms. The molecule has 3 aromatic rings. The quantitative estimate of drug-likeness (QED) is 0.416. The van der Waals surface area contributed by atoms with Gasteiger partial charge in [0.2, 0.25) is 5.43 Å². The number of carbonyl (C=O) groups is 1. The summed E-state index contributed by atoms with van der Waals surface area (Å²) in [6.45, 7) is 0. The van der Waals surface area contributed by atoms with Crippen LogP contribution in [0.5, 0.6) is 5.75 Å². The van der Waals surface area contributed by atoms with Crippen LogP contribution in [0.15, 0.2) is 45.6 Å². The Balaban J connectivity index is 0.00000161. The number of aromatic carboxylic acids is 1. The first-order valence-electron chi connectivity index (χ1n) is 5.86. The third kappa shape index (κ3) is 2.68. The minimum Gasteiger partial charge on any atom is -0.545 e. The van der Waals surface area contributed by atoms with Gasteiger partial charge in [0.25, 0.3) is 0 Å². The Bertz CT molecular complexity index is 898. The Hall–Kier alpha value is -1.82. The average Bonchev–Trinajstić information content (AvgIpc) is 2.46. The van der Waals surface area contributed by atoms with Crippen molar-refractivity contribution in [1.29, 1.82) is 0 Å². The molecule has 5 nitrogen and oxygen atoms in total. The van der Waals surface area contributed by atoms with E-state index < -0.39 is 5.97 Å². The van der Waals surface area contributed by atoms with Crippen molar-refractivity contribution in [3.63, 3.8) is 0 Å². The molecule has 0 unspecified atom stereocenters. The molecule has 3 rings (SSSR count). The number of hydrogen-bond acceptors (Lipinski definition) is 5. The summed E-state index contributed by atoms with van der Waals surface area (Å²) in [5.74, 6) is -0.764. The van der Waals surface area contributed by atoms with E-state index in [1.54, 1.807) is 18.2 Å². The zero-order valence-corrected chi connectivity index (χ0v) is 13.5. The molecule has 0 fully saturated rings. The maximum Gasteiger partial charge on any atom is 1.00 e. The summed E-state index contributed by atoms with van der Waals surface area (Å²) >= 11 is 0. The molecule has 0 amide bonds. The fraction of sp³-hybridized carbons (Fsp3) is 0.0667. The number of rotatable bonds is 2. The van der Waals surface area contributed by atoms with Crippen LogP contribution in [0, 0.1) is 0 Å². The van der Waals surface area contributed by atoms with Gasteiger partial charge in [0, 0.05) is 5.56 Å². The molecule has 0 aliphatic rings. The molecular formula is C15H9NaO5. The molecule has 0 saturated heterocycles. The second-order valence-electron chi connectivity index (χ2n) is 4.29. The van der Waals surface area contributed by atoms with Gasteiger partial charge >= 0.3 is 29.6 Å². The van der Waals surface area contributed by atoms with Gasteiger partial charge in [-0.2, -0.15) is 0 Å². The van der Waals surface area contributed by atoms with Crippen LogP contribution in [0.4, 0.5) is 0 Å². The minimum absolute atomic E-state index is 0. The molecule has 0 radical (unpaired) electrons. The molecule has 0 bridgehead atoms. The van der Waals surface area contributed by atoms with E-state index in [2.05, 4.69) is 0 Å². The van der Waals surface area contributed by atoms with E-state index in [-0.39, 0.29) is 46.1 Å². The van der Waals surface area contributed by atoms with E-state index in [0.29, 0.717) is 22.1 Å². The third-order valence-corrected chi connectivity index (χ3v) is 3.11. The van der Waals surface area contributed by atoms with Gasteiger partial charge in [0.1, 0.15) is 16.9 Å². The van der Waals surface area contributed by atoms with Crippen molar-refractivity contribution >= 4 is 27.9 Å². The first kappa shape index (κ1) is 15.6. The molecule has 100 valence electrons. The van der Waals surface area contributed by atoms with Crippen LogP contribution >= 0.6 is 0 Å². The number of benzene rings is 2. The molecule has 2 aromatic carbocycles. The topological polar surface area (TPSA) is 79.6 Å². The van der Waals surface area contributed by atoms with Crippen molar-refractivity contribution in [3.8, 4) is 5.75 Å². The van der Waals surface area contributed by atoms with Gasteiger partial charge in [-0.3, -0.25) is 4.79 Å². The van der Waals surface area contributed by atoms with Crippen LogP contribution in [0.2, 0.25) is 0 Å². The van der Waals surface area contributed by atoms with E-state index in [9.17, 15) is 14.7 Å². The summed E-state index contributed by atoms with van der Waals surface area (Å²) in [6.07, 6.45) is 0. The van der Waals surface area contributed by atoms with Gasteiger partial charge in [0.05, 0.1) is 23.9 Å². The number of fused-ring (bicyclic) bond motifs is 2. The van der Waals surface area contributed by atoms with Gasteiger partial charge in [0.15, 0.2) is 0 Å². The second-order valence-corrected chi connectivity index (χ2v) is 4.29. The van der Waals surface area contributed by atoms with E-state index >= 15 is 0 Å². The number of carboxylic acid groups (broad SMARTS) is 1. The smallest absolute Gasteiger partial charge is 0.545 e. The van der Waals surface area contributed by atoms with Crippen LogP contribution < -0.4 is 44.8 Å². The molecule has 0 N–H and O–H groups in total. The third-order valence-electron chi connectivity index (χ3n) is 3.11. The number of ether oxygens (including phenoxy) is 1. The molecule has 1 aromatic heterocycles. The van der Waals surface area contributed by atoms with Gasteiger partial charge in [-0.15, -0.1) is 0 Å². The van der Waals surface area contributed by atoms with E-state index in [4.69, 9.17) is 9.15 Å². The maximum atomic E-state index is 12.4. The van der Waals surface area contributed by atoms with Crippen LogP contribution in [0.25, 0.3) is 21.9 Å². The largest absolute Gasteiger partial charge is 1.00 e. The molecule has 0 aliphatic heterocycles. The molecule has 1 heterocycles. The van der Waals surface area contributed by atoms with Crippen molar-refractivity contribution in [2.75, 3.05) is 7.11 Å². The zero-order chi connectivity index (χ0) is 14.3. The summed E-state index contributed by atoms with van der Waals surface area (Å²) in [5, 5.41) is 11.5. The van der Waals surface area contributed by atoms with Crippen LogP contribution in [-0.2, 0) is 0 Å². The summed E-state index contributed by atoms with van der Waals surface area (Å²) in [4.78, 5) is 23.2. The van der Waals surface area contributed by atoms with Crippen molar-refractivity contribution in [3.05, 3.63) is 52.2 Å². The molecule has 0 saturated carbocycles. The fourth-order valence-corrected chi connectivity index (χ4v) is 2.09. The minimum atomic E-state index is -1.32. The van der Waals surface area contributed by atoms with E-state index in [0.717, 1.165) is 0 Å². The van der Waals surface area contributed by atoms with E-state index in [1.807, 2.05) is 0 Å². The predicted molar refractivity (Wildman–Crippen MR) is 70.9 cm³/mol. The molecule has 6 heteroatoms. The van der Waals surface area contributed by atoms with Crippen LogP contribution in [0.1, 0.15) is 10.4 Å². The molecule has 0 aliphatic carbocycles. The summed E-state index contributed by atoms with van der Waals surface area (Å²) in [5.41, 5.74) is 0.326. The summed E-state index contributed by atoms with van der Waals surface area (Å²) in [6, 6.07) is 8.90. The number of carbonyl (C=O) groups excluding carboxylic acids is 1. The van der Waals surface area contributed by atoms with Crippen molar-refractivity contribution in [2.45, 2.75) is 0 Å². The van der Waals surface area contributed by atoms with Crippen molar-refractivity contribution in [1.82, 2.24) is 0 Å². The fourth-order valence-electron chi connectivity index (χ4n) is 2.09. The second kappa shape index (κ2) is 5.89.